The molecule has 156 valence electrons. The molecule has 1 aliphatic rings. The fourth-order valence-corrected chi connectivity index (χ4v) is 2.87. The van der Waals surface area contributed by atoms with Gasteiger partial charge in [-0.15, -0.1) is 0 Å². The molecule has 2 aromatic heterocycles. The van der Waals surface area contributed by atoms with E-state index in [0.29, 0.717) is 17.3 Å². The largest absolute Gasteiger partial charge is 0.424 e. The first kappa shape index (κ1) is 20.0. The third kappa shape index (κ3) is 3.91. The number of ether oxygens (including phenoxy) is 1. The Labute approximate surface area is 170 Å². The highest BCUT2D eigenvalue weighted by Crippen LogP contribution is 2.38. The predicted octanol–water partition coefficient (Wildman–Crippen LogP) is 3.62. The van der Waals surface area contributed by atoms with Gasteiger partial charge >= 0.3 is 12.2 Å². The van der Waals surface area contributed by atoms with Gasteiger partial charge in [-0.05, 0) is 18.2 Å². The number of aromatic amines is 1. The Hall–Kier alpha value is -3.25. The van der Waals surface area contributed by atoms with Crippen LogP contribution in [0.5, 0.6) is 11.8 Å². The van der Waals surface area contributed by atoms with Crippen LogP contribution in [0.3, 0.4) is 0 Å². The van der Waals surface area contributed by atoms with Gasteiger partial charge in [0.05, 0.1) is 18.4 Å². The van der Waals surface area contributed by atoms with E-state index in [9.17, 15) is 22.4 Å². The van der Waals surface area contributed by atoms with Crippen LogP contribution in [0.1, 0.15) is 16.8 Å². The highest BCUT2D eigenvalue weighted by molar-refractivity contribution is 6.32. The lowest BCUT2D eigenvalue weighted by atomic mass is 10.2. The molecule has 0 unspecified atom stereocenters. The second-order valence-electron chi connectivity index (χ2n) is 6.07. The van der Waals surface area contributed by atoms with Crippen LogP contribution in [0.15, 0.2) is 35.4 Å². The molecular formula is C17H10ClF4N5O3. The fourth-order valence-electron chi connectivity index (χ4n) is 2.68. The Morgan fingerprint density at radius 3 is 2.83 bits per heavy atom. The summed E-state index contributed by atoms with van der Waals surface area (Å²) in [6.45, 7) is 0.0116. The first-order valence-corrected chi connectivity index (χ1v) is 8.63. The lowest BCUT2D eigenvalue weighted by Gasteiger charge is -2.28. The van der Waals surface area contributed by atoms with Gasteiger partial charge in [0.15, 0.2) is 0 Å². The number of anilines is 1. The van der Waals surface area contributed by atoms with Crippen molar-refractivity contribution in [1.82, 2.24) is 20.2 Å². The smallest absolute Gasteiger partial charge is 0.420 e. The molecule has 0 radical (unpaired) electrons. The molecular weight excluding hydrogens is 434 g/mol. The molecule has 0 saturated heterocycles. The van der Waals surface area contributed by atoms with E-state index in [2.05, 4.69) is 20.2 Å². The zero-order valence-corrected chi connectivity index (χ0v) is 15.5. The molecule has 4 rings (SSSR count). The Kier molecular flexibility index (Phi) is 5.03. The molecule has 8 nitrogen and oxygen atoms in total. The number of aromatic nitrogens is 4. The number of alkyl halides is 3. The maximum Gasteiger partial charge on any atom is 0.420 e. The van der Waals surface area contributed by atoms with Crippen LogP contribution >= 0.6 is 11.6 Å². The highest BCUT2D eigenvalue weighted by atomic mass is 35.5. The van der Waals surface area contributed by atoms with Crippen LogP contribution in [0.2, 0.25) is 5.02 Å². The summed E-state index contributed by atoms with van der Waals surface area (Å²) in [5, 5.41) is 7.04. The normalized spacial score (nSPS) is 13.8. The lowest BCUT2D eigenvalue weighted by Crippen LogP contribution is -2.30. The van der Waals surface area contributed by atoms with Gasteiger partial charge < -0.3 is 4.74 Å². The summed E-state index contributed by atoms with van der Waals surface area (Å²) in [4.78, 5) is 25.1. The first-order valence-electron chi connectivity index (χ1n) is 8.25. The van der Waals surface area contributed by atoms with E-state index >= 15 is 0 Å². The zero-order chi connectivity index (χ0) is 21.5. The Balaban J connectivity index is 1.59. The summed E-state index contributed by atoms with van der Waals surface area (Å²) in [7, 11) is 0. The van der Waals surface area contributed by atoms with E-state index in [-0.39, 0.29) is 29.9 Å². The van der Waals surface area contributed by atoms with Gasteiger partial charge in [-0.3, -0.25) is 9.63 Å². The molecule has 30 heavy (non-hydrogen) atoms. The second kappa shape index (κ2) is 7.54. The highest BCUT2D eigenvalue weighted by Gasteiger charge is 2.35. The molecule has 1 aromatic carbocycles. The van der Waals surface area contributed by atoms with Crippen molar-refractivity contribution in [2.45, 2.75) is 19.3 Å². The lowest BCUT2D eigenvalue weighted by molar-refractivity contribution is -0.138. The van der Waals surface area contributed by atoms with Crippen LogP contribution in [-0.4, -0.2) is 20.2 Å². The molecule has 0 fully saturated rings. The molecule has 1 aliphatic heterocycles. The monoisotopic (exact) mass is 443 g/mol. The minimum absolute atomic E-state index is 0.0904. The summed E-state index contributed by atoms with van der Waals surface area (Å²) >= 11 is 5.96. The van der Waals surface area contributed by atoms with Gasteiger partial charge in [0.25, 0.3) is 5.56 Å². The molecule has 0 bridgehead atoms. The number of hydrogen-bond acceptors (Lipinski definition) is 7. The maximum absolute atomic E-state index is 13.2. The number of benzene rings is 1. The maximum atomic E-state index is 13.2. The number of nitrogens with one attached hydrogen (secondary N) is 1. The second-order valence-corrected chi connectivity index (χ2v) is 6.45. The number of rotatable bonds is 3. The molecule has 3 aromatic rings. The summed E-state index contributed by atoms with van der Waals surface area (Å²) in [6.07, 6.45) is -2.17. The van der Waals surface area contributed by atoms with Gasteiger partial charge in [-0.1, -0.05) is 11.6 Å². The van der Waals surface area contributed by atoms with Gasteiger partial charge in [-0.25, -0.2) is 19.5 Å². The number of hydroxylamine groups is 1. The average molecular weight is 444 g/mol. The van der Waals surface area contributed by atoms with Crippen molar-refractivity contribution in [2.24, 2.45) is 0 Å². The van der Waals surface area contributed by atoms with E-state index < -0.39 is 28.9 Å². The summed E-state index contributed by atoms with van der Waals surface area (Å²) < 4.78 is 57.7. The van der Waals surface area contributed by atoms with Gasteiger partial charge in [0.2, 0.25) is 0 Å². The molecule has 0 spiro atoms. The molecule has 0 atom stereocenters. The molecule has 0 saturated carbocycles. The van der Waals surface area contributed by atoms with Gasteiger partial charge in [0, 0.05) is 11.8 Å². The van der Waals surface area contributed by atoms with Gasteiger partial charge in [-0.2, -0.15) is 23.3 Å². The van der Waals surface area contributed by atoms with Crippen molar-refractivity contribution in [3.63, 3.8) is 0 Å². The molecule has 0 aliphatic carbocycles. The van der Waals surface area contributed by atoms with Crippen molar-refractivity contribution >= 4 is 17.3 Å². The fraction of sp³-hybridized carbons (Fsp3) is 0.176. The topological polar surface area (TPSA) is 93.2 Å². The quantitative estimate of drug-likeness (QED) is 0.618. The Bertz CT molecular complexity index is 1170. The molecule has 0 amide bonds. The van der Waals surface area contributed by atoms with E-state index in [0.717, 1.165) is 12.1 Å². The minimum atomic E-state index is -4.82. The summed E-state index contributed by atoms with van der Waals surface area (Å²) in [5.74, 6) is -1.69. The van der Waals surface area contributed by atoms with Crippen LogP contribution in [0.4, 0.5) is 23.2 Å². The summed E-state index contributed by atoms with van der Waals surface area (Å²) in [5.41, 5.74) is -0.723. The standard InChI is InChI=1S/C17H10ClF4N5O3/c18-14-12(5-24-26-15(14)28)27-6-8-4-23-16(25-11(8)7-29-27)30-13-2-1-9(19)3-10(13)17(20,21)22/h1-5H,6-7H2,(H,26,28). The molecule has 13 heteroatoms. The van der Waals surface area contributed by atoms with E-state index in [4.69, 9.17) is 21.2 Å². The van der Waals surface area contributed by atoms with Crippen molar-refractivity contribution < 1.29 is 27.1 Å². The number of nitrogens with zero attached hydrogens (tertiary/aromatic N) is 4. The Morgan fingerprint density at radius 1 is 1.27 bits per heavy atom. The number of hydrogen-bond donors (Lipinski definition) is 1. The van der Waals surface area contributed by atoms with Crippen molar-refractivity contribution in [1.29, 1.82) is 0 Å². The SMILES string of the molecule is O=c1[nH]ncc(N2Cc3cnc(Oc4ccc(F)cc4C(F)(F)F)nc3CO2)c1Cl. The van der Waals surface area contributed by atoms with E-state index in [1.807, 2.05) is 0 Å². The van der Waals surface area contributed by atoms with Crippen LogP contribution < -0.4 is 15.4 Å². The third-order valence-corrected chi connectivity index (χ3v) is 4.46. The van der Waals surface area contributed by atoms with Gasteiger partial charge in [0.1, 0.15) is 34.4 Å². The van der Waals surface area contributed by atoms with Crippen LogP contribution in [-0.2, 0) is 24.2 Å². The van der Waals surface area contributed by atoms with Crippen molar-refractivity contribution in [3.8, 4) is 11.8 Å². The predicted molar refractivity (Wildman–Crippen MR) is 94.3 cm³/mol. The molecule has 3 heterocycles. The van der Waals surface area contributed by atoms with Crippen molar-refractivity contribution in [3.05, 3.63) is 68.6 Å². The number of H-pyrrole nitrogens is 1. The third-order valence-electron chi connectivity index (χ3n) is 4.10. The number of fused-ring (bicyclic) bond motifs is 1. The average Bonchev–Trinajstić information content (AvgIpc) is 2.70. The molecule has 1 N–H and O–H groups in total. The first-order chi connectivity index (χ1) is 14.2. The van der Waals surface area contributed by atoms with E-state index in [1.165, 1.54) is 17.5 Å². The minimum Gasteiger partial charge on any atom is -0.424 e. The Morgan fingerprint density at radius 2 is 2.07 bits per heavy atom. The van der Waals surface area contributed by atoms with Crippen molar-refractivity contribution in [2.75, 3.05) is 5.06 Å². The number of halogens is 5. The zero-order valence-electron chi connectivity index (χ0n) is 14.7. The van der Waals surface area contributed by atoms with E-state index in [1.54, 1.807) is 0 Å². The van der Waals surface area contributed by atoms with Crippen LogP contribution in [0.25, 0.3) is 0 Å². The summed E-state index contributed by atoms with van der Waals surface area (Å²) in [6, 6.07) is 1.65. The van der Waals surface area contributed by atoms with Crippen LogP contribution in [0, 0.1) is 5.82 Å².